The molecule has 2 fully saturated rings. The summed E-state index contributed by atoms with van der Waals surface area (Å²) in [6.45, 7) is 0. The van der Waals surface area contributed by atoms with Crippen LogP contribution in [0.3, 0.4) is 0 Å². The molecule has 14 heavy (non-hydrogen) atoms. The van der Waals surface area contributed by atoms with Crippen LogP contribution in [0.1, 0.15) is 44.9 Å². The molecule has 0 aromatic heterocycles. The third kappa shape index (κ3) is 2.08. The summed E-state index contributed by atoms with van der Waals surface area (Å²) in [5.74, 6) is -2.48. The molecule has 2 aliphatic rings. The summed E-state index contributed by atoms with van der Waals surface area (Å²) in [5.41, 5.74) is 0. The van der Waals surface area contributed by atoms with Crippen LogP contribution in [0.4, 0.5) is 8.78 Å². The highest BCUT2D eigenvalue weighted by molar-refractivity contribution is 4.87. The molecule has 82 valence electrons. The lowest BCUT2D eigenvalue weighted by Crippen LogP contribution is -2.23. The first-order valence-electron chi connectivity index (χ1n) is 5.64. The van der Waals surface area contributed by atoms with Crippen molar-refractivity contribution in [3.63, 3.8) is 0 Å². The molecule has 0 spiro atoms. The quantitative estimate of drug-likeness (QED) is 0.733. The molecule has 1 N–H and O–H groups in total. The van der Waals surface area contributed by atoms with Crippen LogP contribution in [0.15, 0.2) is 0 Å². The Morgan fingerprint density at radius 1 is 1.21 bits per heavy atom. The second-order valence-electron chi connectivity index (χ2n) is 4.92. The molecular formula is C11H18F2O. The lowest BCUT2D eigenvalue weighted by molar-refractivity contribution is -0.0446. The van der Waals surface area contributed by atoms with E-state index in [1.807, 2.05) is 0 Å². The van der Waals surface area contributed by atoms with E-state index in [0.717, 1.165) is 19.3 Å². The van der Waals surface area contributed by atoms with Gasteiger partial charge in [-0.3, -0.25) is 0 Å². The van der Waals surface area contributed by atoms with Gasteiger partial charge in [0.05, 0.1) is 6.10 Å². The fourth-order valence-corrected chi connectivity index (χ4v) is 2.95. The first-order chi connectivity index (χ1) is 6.58. The van der Waals surface area contributed by atoms with E-state index in [9.17, 15) is 13.9 Å². The predicted molar refractivity (Wildman–Crippen MR) is 50.3 cm³/mol. The maximum Gasteiger partial charge on any atom is 0.250 e. The Labute approximate surface area is 83.5 Å². The summed E-state index contributed by atoms with van der Waals surface area (Å²) in [5, 5.41) is 9.32. The van der Waals surface area contributed by atoms with Crippen LogP contribution in [0.25, 0.3) is 0 Å². The van der Waals surface area contributed by atoms with Gasteiger partial charge in [-0.1, -0.05) is 0 Å². The zero-order chi connectivity index (χ0) is 10.2. The second-order valence-corrected chi connectivity index (χ2v) is 4.92. The maximum absolute atomic E-state index is 13.3. The van der Waals surface area contributed by atoms with Gasteiger partial charge in [0.1, 0.15) is 0 Å². The van der Waals surface area contributed by atoms with Gasteiger partial charge in [-0.25, -0.2) is 8.78 Å². The largest absolute Gasteiger partial charge is 0.393 e. The number of aliphatic hydroxyl groups is 1. The van der Waals surface area contributed by atoms with Gasteiger partial charge in [-0.2, -0.15) is 0 Å². The monoisotopic (exact) mass is 204 g/mol. The van der Waals surface area contributed by atoms with Gasteiger partial charge in [0.25, 0.3) is 5.92 Å². The summed E-state index contributed by atoms with van der Waals surface area (Å²) in [4.78, 5) is 0. The van der Waals surface area contributed by atoms with Gasteiger partial charge in [0, 0.05) is 12.3 Å². The van der Waals surface area contributed by atoms with Crippen molar-refractivity contribution >= 4 is 0 Å². The Morgan fingerprint density at radius 3 is 2.50 bits per heavy atom. The zero-order valence-electron chi connectivity index (χ0n) is 8.38. The zero-order valence-corrected chi connectivity index (χ0v) is 8.38. The standard InChI is InChI=1S/C11H18F2O/c12-11(13)5-1-2-9(11)6-8-3-4-10(14)7-8/h8-10,14H,1-7H2. The van der Waals surface area contributed by atoms with Crippen molar-refractivity contribution in [1.82, 2.24) is 0 Å². The highest BCUT2D eigenvalue weighted by Crippen LogP contribution is 2.45. The van der Waals surface area contributed by atoms with E-state index in [1.54, 1.807) is 0 Å². The molecule has 0 aliphatic heterocycles. The van der Waals surface area contributed by atoms with Crippen LogP contribution < -0.4 is 0 Å². The average molecular weight is 204 g/mol. The number of halogens is 2. The van der Waals surface area contributed by atoms with Gasteiger partial charge in [-0.15, -0.1) is 0 Å². The highest BCUT2D eigenvalue weighted by atomic mass is 19.3. The predicted octanol–water partition coefficient (Wildman–Crippen LogP) is 2.97. The van der Waals surface area contributed by atoms with E-state index < -0.39 is 11.8 Å². The Bertz CT molecular complexity index is 205. The van der Waals surface area contributed by atoms with E-state index in [4.69, 9.17) is 0 Å². The van der Waals surface area contributed by atoms with Crippen LogP contribution in [0, 0.1) is 11.8 Å². The topological polar surface area (TPSA) is 20.2 Å². The van der Waals surface area contributed by atoms with Gasteiger partial charge < -0.3 is 5.11 Å². The fourth-order valence-electron chi connectivity index (χ4n) is 2.95. The summed E-state index contributed by atoms with van der Waals surface area (Å²) in [6.07, 6.45) is 4.32. The molecule has 3 atom stereocenters. The van der Waals surface area contributed by atoms with Crippen LogP contribution in [-0.4, -0.2) is 17.1 Å². The molecule has 0 bridgehead atoms. The van der Waals surface area contributed by atoms with Crippen LogP contribution in [0.5, 0.6) is 0 Å². The second kappa shape index (κ2) is 3.76. The van der Waals surface area contributed by atoms with Crippen molar-refractivity contribution < 1.29 is 13.9 Å². The summed E-state index contributed by atoms with van der Waals surface area (Å²) in [6, 6.07) is 0. The van der Waals surface area contributed by atoms with Crippen molar-refractivity contribution in [2.24, 2.45) is 11.8 Å². The van der Waals surface area contributed by atoms with E-state index in [0.29, 0.717) is 25.2 Å². The minimum Gasteiger partial charge on any atom is -0.393 e. The highest BCUT2D eigenvalue weighted by Gasteiger charge is 2.44. The summed E-state index contributed by atoms with van der Waals surface area (Å²) >= 11 is 0. The smallest absolute Gasteiger partial charge is 0.250 e. The van der Waals surface area contributed by atoms with Crippen molar-refractivity contribution in [2.75, 3.05) is 0 Å². The van der Waals surface area contributed by atoms with Crippen molar-refractivity contribution in [1.29, 1.82) is 0 Å². The third-order valence-corrected chi connectivity index (χ3v) is 3.79. The SMILES string of the molecule is OC1CCC(CC2CCCC2(F)F)C1. The number of alkyl halides is 2. The molecular weight excluding hydrogens is 186 g/mol. The molecule has 0 amide bonds. The lowest BCUT2D eigenvalue weighted by atomic mass is 9.90. The van der Waals surface area contributed by atoms with E-state index in [2.05, 4.69) is 0 Å². The van der Waals surface area contributed by atoms with E-state index in [-0.39, 0.29) is 12.5 Å². The molecule has 0 aromatic carbocycles. The molecule has 3 unspecified atom stereocenters. The molecule has 0 saturated heterocycles. The lowest BCUT2D eigenvalue weighted by Gasteiger charge is -2.21. The molecule has 2 aliphatic carbocycles. The van der Waals surface area contributed by atoms with E-state index in [1.165, 1.54) is 0 Å². The van der Waals surface area contributed by atoms with Crippen molar-refractivity contribution in [2.45, 2.75) is 57.0 Å². The summed E-state index contributed by atoms with van der Waals surface area (Å²) in [7, 11) is 0. The number of aliphatic hydroxyl groups excluding tert-OH is 1. The first kappa shape index (κ1) is 10.3. The third-order valence-electron chi connectivity index (χ3n) is 3.79. The van der Waals surface area contributed by atoms with Gasteiger partial charge in [0.15, 0.2) is 0 Å². The molecule has 0 radical (unpaired) electrons. The number of hydrogen-bond acceptors (Lipinski definition) is 1. The van der Waals surface area contributed by atoms with Crippen LogP contribution in [-0.2, 0) is 0 Å². The molecule has 0 heterocycles. The maximum atomic E-state index is 13.3. The average Bonchev–Trinajstić information content (AvgIpc) is 2.61. The summed E-state index contributed by atoms with van der Waals surface area (Å²) < 4.78 is 26.6. The van der Waals surface area contributed by atoms with Crippen LogP contribution >= 0.6 is 0 Å². The van der Waals surface area contributed by atoms with E-state index >= 15 is 0 Å². The molecule has 2 rings (SSSR count). The van der Waals surface area contributed by atoms with Gasteiger partial charge in [-0.05, 0) is 44.4 Å². The first-order valence-corrected chi connectivity index (χ1v) is 5.64. The normalized spacial score (nSPS) is 41.8. The minimum absolute atomic E-state index is 0.0763. The Balaban J connectivity index is 1.85. The molecule has 2 saturated carbocycles. The molecule has 0 aromatic rings. The van der Waals surface area contributed by atoms with Crippen molar-refractivity contribution in [3.05, 3.63) is 0 Å². The minimum atomic E-state index is -2.42. The number of rotatable bonds is 2. The van der Waals surface area contributed by atoms with Crippen LogP contribution in [0.2, 0.25) is 0 Å². The number of hydrogen-bond donors (Lipinski definition) is 1. The molecule has 3 heteroatoms. The Kier molecular flexibility index (Phi) is 2.78. The Morgan fingerprint density at radius 2 is 2.00 bits per heavy atom. The van der Waals surface area contributed by atoms with Gasteiger partial charge in [0.2, 0.25) is 0 Å². The van der Waals surface area contributed by atoms with Gasteiger partial charge >= 0.3 is 0 Å². The fraction of sp³-hybridized carbons (Fsp3) is 1.00. The van der Waals surface area contributed by atoms with Crippen molar-refractivity contribution in [3.8, 4) is 0 Å². The molecule has 1 nitrogen and oxygen atoms in total. The Hall–Kier alpha value is -0.180.